The van der Waals surface area contributed by atoms with Gasteiger partial charge in [-0.1, -0.05) is 6.07 Å². The Morgan fingerprint density at radius 3 is 2.50 bits per heavy atom. The lowest BCUT2D eigenvalue weighted by molar-refractivity contribution is -0.130. The maximum Gasteiger partial charge on any atom is 0.222 e. The largest absolute Gasteiger partial charge is 0.493 e. The molecule has 24 heavy (non-hydrogen) atoms. The monoisotopic (exact) mass is 358 g/mol. The first-order chi connectivity index (χ1) is 11.2. The van der Waals surface area contributed by atoms with E-state index in [0.717, 1.165) is 38.2 Å². The third-order valence-corrected chi connectivity index (χ3v) is 4.09. The number of aryl methyl sites for hydroxylation is 1. The zero-order chi connectivity index (χ0) is 16.7. The molecule has 1 amide bonds. The van der Waals surface area contributed by atoms with Crippen molar-refractivity contribution >= 4 is 18.3 Å². The van der Waals surface area contributed by atoms with Gasteiger partial charge in [-0.15, -0.1) is 12.4 Å². The molecule has 1 aliphatic rings. The number of amides is 1. The minimum absolute atomic E-state index is 0. The van der Waals surface area contributed by atoms with Crippen LogP contribution in [0.5, 0.6) is 17.2 Å². The maximum absolute atomic E-state index is 12.4. The SMILES string of the molecule is COc1ccc(CCC(=O)N2CCCNCC2)c(OC)c1OC.Cl. The number of nitrogens with zero attached hydrogens (tertiary/aromatic N) is 1. The van der Waals surface area contributed by atoms with Gasteiger partial charge >= 0.3 is 0 Å². The molecular formula is C17H27ClN2O4. The van der Waals surface area contributed by atoms with E-state index < -0.39 is 0 Å². The van der Waals surface area contributed by atoms with E-state index in [2.05, 4.69) is 5.32 Å². The van der Waals surface area contributed by atoms with Crippen LogP contribution in [0.2, 0.25) is 0 Å². The third-order valence-electron chi connectivity index (χ3n) is 4.09. The Bertz CT molecular complexity index is 532. The summed E-state index contributed by atoms with van der Waals surface area (Å²) in [6, 6.07) is 3.77. The molecule has 0 atom stereocenters. The molecule has 0 radical (unpaired) electrons. The predicted octanol–water partition coefficient (Wildman–Crippen LogP) is 1.89. The Labute approximate surface area is 149 Å². The minimum atomic E-state index is 0. The lowest BCUT2D eigenvalue weighted by atomic mass is 10.1. The topological polar surface area (TPSA) is 60.0 Å². The number of hydrogen-bond acceptors (Lipinski definition) is 5. The Morgan fingerprint density at radius 2 is 1.83 bits per heavy atom. The van der Waals surface area contributed by atoms with Crippen LogP contribution < -0.4 is 19.5 Å². The molecule has 0 saturated carbocycles. The molecule has 1 saturated heterocycles. The molecule has 136 valence electrons. The fourth-order valence-corrected chi connectivity index (χ4v) is 2.85. The van der Waals surface area contributed by atoms with Gasteiger partial charge in [0.05, 0.1) is 21.3 Å². The first kappa shape index (κ1) is 20.4. The van der Waals surface area contributed by atoms with Gasteiger partial charge in [0.15, 0.2) is 11.5 Å². The zero-order valence-electron chi connectivity index (χ0n) is 14.6. The van der Waals surface area contributed by atoms with Crippen LogP contribution in [0.1, 0.15) is 18.4 Å². The normalized spacial score (nSPS) is 14.4. The summed E-state index contributed by atoms with van der Waals surface area (Å²) in [4.78, 5) is 14.3. The average molecular weight is 359 g/mol. The van der Waals surface area contributed by atoms with Crippen LogP contribution >= 0.6 is 12.4 Å². The van der Waals surface area contributed by atoms with E-state index in [9.17, 15) is 4.79 Å². The fourth-order valence-electron chi connectivity index (χ4n) is 2.85. The number of benzene rings is 1. The molecule has 0 aliphatic carbocycles. The van der Waals surface area contributed by atoms with Crippen molar-refractivity contribution in [1.82, 2.24) is 10.2 Å². The number of methoxy groups -OCH3 is 3. The second kappa shape index (κ2) is 10.3. The highest BCUT2D eigenvalue weighted by molar-refractivity contribution is 5.85. The number of rotatable bonds is 6. The smallest absolute Gasteiger partial charge is 0.222 e. The lowest BCUT2D eigenvalue weighted by Gasteiger charge is -2.20. The van der Waals surface area contributed by atoms with E-state index in [4.69, 9.17) is 14.2 Å². The first-order valence-electron chi connectivity index (χ1n) is 7.97. The van der Waals surface area contributed by atoms with Crippen LogP contribution in [-0.2, 0) is 11.2 Å². The molecule has 2 rings (SSSR count). The van der Waals surface area contributed by atoms with Gasteiger partial charge in [-0.25, -0.2) is 0 Å². The molecule has 0 bridgehead atoms. The highest BCUT2D eigenvalue weighted by atomic mass is 35.5. The van der Waals surface area contributed by atoms with Crippen LogP contribution in [0.15, 0.2) is 12.1 Å². The van der Waals surface area contributed by atoms with Crippen LogP contribution in [0, 0.1) is 0 Å². The molecule has 1 aliphatic heterocycles. The van der Waals surface area contributed by atoms with Crippen molar-refractivity contribution in [3.05, 3.63) is 17.7 Å². The summed E-state index contributed by atoms with van der Waals surface area (Å²) < 4.78 is 16.1. The van der Waals surface area contributed by atoms with Gasteiger partial charge in [0.25, 0.3) is 0 Å². The fraction of sp³-hybridized carbons (Fsp3) is 0.588. The molecule has 1 aromatic rings. The summed E-state index contributed by atoms with van der Waals surface area (Å²) in [5.74, 6) is 2.01. The van der Waals surface area contributed by atoms with E-state index in [1.54, 1.807) is 21.3 Å². The Balaban J connectivity index is 0.00000288. The van der Waals surface area contributed by atoms with Gasteiger partial charge in [-0.2, -0.15) is 0 Å². The number of carbonyl (C=O) groups is 1. The summed E-state index contributed by atoms with van der Waals surface area (Å²) in [7, 11) is 4.77. The number of halogens is 1. The standard InChI is InChI=1S/C17H26N2O4.ClH/c1-21-14-7-5-13(16(22-2)17(14)23-3)6-8-15(20)19-11-4-9-18-10-12-19;/h5,7,18H,4,6,8-12H2,1-3H3;1H. The molecule has 1 N–H and O–H groups in total. The summed E-state index contributed by atoms with van der Waals surface area (Å²) in [6.45, 7) is 3.45. The Kier molecular flexibility index (Phi) is 8.71. The highest BCUT2D eigenvalue weighted by Gasteiger charge is 2.19. The predicted molar refractivity (Wildman–Crippen MR) is 95.7 cm³/mol. The Morgan fingerprint density at radius 1 is 1.08 bits per heavy atom. The molecule has 1 aromatic carbocycles. The van der Waals surface area contributed by atoms with Gasteiger partial charge in [0, 0.05) is 26.1 Å². The summed E-state index contributed by atoms with van der Waals surface area (Å²) >= 11 is 0. The van der Waals surface area contributed by atoms with Gasteiger partial charge in [-0.3, -0.25) is 4.79 Å². The number of carbonyl (C=O) groups excluding carboxylic acids is 1. The van der Waals surface area contributed by atoms with Crippen molar-refractivity contribution < 1.29 is 19.0 Å². The van der Waals surface area contributed by atoms with Gasteiger partial charge in [0.2, 0.25) is 11.7 Å². The van der Waals surface area contributed by atoms with Crippen LogP contribution in [0.4, 0.5) is 0 Å². The zero-order valence-corrected chi connectivity index (χ0v) is 15.4. The molecule has 1 fully saturated rings. The minimum Gasteiger partial charge on any atom is -0.493 e. The second-order valence-corrected chi connectivity index (χ2v) is 5.48. The van der Waals surface area contributed by atoms with Gasteiger partial charge in [-0.05, 0) is 31.0 Å². The molecule has 0 spiro atoms. The number of ether oxygens (including phenoxy) is 3. The van der Waals surface area contributed by atoms with Crippen molar-refractivity contribution in [2.45, 2.75) is 19.3 Å². The van der Waals surface area contributed by atoms with E-state index >= 15 is 0 Å². The van der Waals surface area contributed by atoms with E-state index in [0.29, 0.717) is 30.1 Å². The van der Waals surface area contributed by atoms with Crippen molar-refractivity contribution in [3.63, 3.8) is 0 Å². The Hall–Kier alpha value is -1.66. The highest BCUT2D eigenvalue weighted by Crippen LogP contribution is 2.40. The average Bonchev–Trinajstić information content (AvgIpc) is 2.87. The molecule has 1 heterocycles. The first-order valence-corrected chi connectivity index (χ1v) is 7.97. The molecule has 0 unspecified atom stereocenters. The number of hydrogen-bond donors (Lipinski definition) is 1. The summed E-state index contributed by atoms with van der Waals surface area (Å²) in [6.07, 6.45) is 2.09. The van der Waals surface area contributed by atoms with E-state index in [1.165, 1.54) is 0 Å². The van der Waals surface area contributed by atoms with Gasteiger partial charge in [0.1, 0.15) is 0 Å². The quantitative estimate of drug-likeness (QED) is 0.841. The number of nitrogens with one attached hydrogen (secondary N) is 1. The van der Waals surface area contributed by atoms with Crippen molar-refractivity contribution in [2.75, 3.05) is 47.5 Å². The van der Waals surface area contributed by atoms with Crippen LogP contribution in [0.3, 0.4) is 0 Å². The summed E-state index contributed by atoms with van der Waals surface area (Å²) in [5, 5.41) is 3.31. The second-order valence-electron chi connectivity index (χ2n) is 5.48. The van der Waals surface area contributed by atoms with Crippen molar-refractivity contribution in [3.8, 4) is 17.2 Å². The molecule has 6 nitrogen and oxygen atoms in total. The molecule has 7 heteroatoms. The van der Waals surface area contributed by atoms with Crippen LogP contribution in [-0.4, -0.2) is 58.3 Å². The molecule has 0 aromatic heterocycles. The van der Waals surface area contributed by atoms with E-state index in [1.807, 2.05) is 17.0 Å². The van der Waals surface area contributed by atoms with E-state index in [-0.39, 0.29) is 18.3 Å². The van der Waals surface area contributed by atoms with Gasteiger partial charge < -0.3 is 24.4 Å². The van der Waals surface area contributed by atoms with Crippen LogP contribution in [0.25, 0.3) is 0 Å². The summed E-state index contributed by atoms with van der Waals surface area (Å²) in [5.41, 5.74) is 0.950. The maximum atomic E-state index is 12.4. The lowest BCUT2D eigenvalue weighted by Crippen LogP contribution is -2.34. The third kappa shape index (κ3) is 4.92. The molecular weight excluding hydrogens is 332 g/mol. The van der Waals surface area contributed by atoms with Crippen molar-refractivity contribution in [2.24, 2.45) is 0 Å². The van der Waals surface area contributed by atoms with Crippen molar-refractivity contribution in [1.29, 1.82) is 0 Å².